The maximum Gasteiger partial charge on any atom is 0.184 e. The fourth-order valence-corrected chi connectivity index (χ4v) is 4.75. The predicted octanol–water partition coefficient (Wildman–Crippen LogP) is 4.14. The van der Waals surface area contributed by atoms with Gasteiger partial charge in [-0.2, -0.15) is 0 Å². The summed E-state index contributed by atoms with van der Waals surface area (Å²) in [6, 6.07) is 0. The largest absolute Gasteiger partial charge is 0.415 e. The summed E-state index contributed by atoms with van der Waals surface area (Å²) in [4.78, 5) is 0. The Morgan fingerprint density at radius 1 is 0.857 bits per heavy atom. The first-order chi connectivity index (χ1) is 12.3. The fourth-order valence-electron chi connectivity index (χ4n) is 3.02. The quantitative estimate of drug-likeness (QED) is 0.577. The summed E-state index contributed by atoms with van der Waals surface area (Å²) in [5.41, 5.74) is -0.797. The minimum atomic E-state index is -1.93. The molecule has 28 heavy (non-hydrogen) atoms. The van der Waals surface area contributed by atoms with Gasteiger partial charge in [0.15, 0.2) is 22.9 Å². The van der Waals surface area contributed by atoms with Crippen molar-refractivity contribution in [1.82, 2.24) is 0 Å². The van der Waals surface area contributed by atoms with Crippen LogP contribution < -0.4 is 0 Å². The lowest BCUT2D eigenvalue weighted by Gasteiger charge is -2.38. The van der Waals surface area contributed by atoms with Crippen LogP contribution in [0.15, 0.2) is 0 Å². The molecular formula is C20H44O6Si2. The van der Waals surface area contributed by atoms with E-state index in [-0.39, 0.29) is 11.7 Å². The number of ether oxygens (including phenoxy) is 3. The van der Waals surface area contributed by atoms with Crippen LogP contribution in [0.3, 0.4) is 0 Å². The molecule has 0 spiro atoms. The molecule has 0 amide bonds. The van der Waals surface area contributed by atoms with Gasteiger partial charge in [0.25, 0.3) is 0 Å². The molecule has 0 bridgehead atoms. The zero-order valence-electron chi connectivity index (χ0n) is 20.1. The van der Waals surface area contributed by atoms with Gasteiger partial charge >= 0.3 is 0 Å². The van der Waals surface area contributed by atoms with E-state index in [1.807, 2.05) is 41.5 Å². The molecule has 0 saturated carbocycles. The van der Waals surface area contributed by atoms with Crippen LogP contribution in [0, 0.1) is 0 Å². The maximum absolute atomic E-state index is 10.7. The number of hydrogen-bond acceptors (Lipinski definition) is 6. The SMILES string of the molecule is CC(C)(C)O[C@H]1[C@@H]([C@H](CO[Si](C)(C)C)OC(C)(C)C)O[C@H](O)[C@H]1O[Si](C)(C)C. The lowest BCUT2D eigenvalue weighted by molar-refractivity contribution is -0.191. The summed E-state index contributed by atoms with van der Waals surface area (Å²) in [6.45, 7) is 25.1. The monoisotopic (exact) mass is 436 g/mol. The molecule has 0 aliphatic carbocycles. The van der Waals surface area contributed by atoms with Crippen molar-refractivity contribution in [3.8, 4) is 0 Å². The molecule has 1 N–H and O–H groups in total. The van der Waals surface area contributed by atoms with Crippen LogP contribution in [-0.4, -0.2) is 70.3 Å². The molecule has 1 saturated heterocycles. The molecule has 1 aliphatic rings. The van der Waals surface area contributed by atoms with Crippen LogP contribution in [0.1, 0.15) is 41.5 Å². The van der Waals surface area contributed by atoms with Crippen molar-refractivity contribution in [1.29, 1.82) is 0 Å². The smallest absolute Gasteiger partial charge is 0.184 e. The van der Waals surface area contributed by atoms with Gasteiger partial charge in [-0.15, -0.1) is 0 Å². The first kappa shape index (κ1) is 26.2. The third-order valence-corrected chi connectivity index (χ3v) is 5.77. The molecule has 0 aromatic carbocycles. The zero-order valence-corrected chi connectivity index (χ0v) is 22.1. The average Bonchev–Trinajstić information content (AvgIpc) is 2.66. The second kappa shape index (κ2) is 9.13. The van der Waals surface area contributed by atoms with Crippen molar-refractivity contribution in [2.24, 2.45) is 0 Å². The average molecular weight is 437 g/mol. The van der Waals surface area contributed by atoms with E-state index in [4.69, 9.17) is 23.1 Å². The van der Waals surface area contributed by atoms with Gasteiger partial charge in [-0.3, -0.25) is 0 Å². The Morgan fingerprint density at radius 2 is 1.39 bits per heavy atom. The third kappa shape index (κ3) is 9.80. The first-order valence-electron chi connectivity index (χ1n) is 10.3. The molecule has 1 fully saturated rings. The van der Waals surface area contributed by atoms with Crippen LogP contribution in [0.4, 0.5) is 0 Å². The minimum absolute atomic E-state index is 0.371. The highest BCUT2D eigenvalue weighted by molar-refractivity contribution is 6.70. The van der Waals surface area contributed by atoms with E-state index in [9.17, 15) is 5.11 Å². The standard InChI is InChI=1S/C20H44O6Si2/c1-19(2,3)24-14(13-22-27(7,8)9)15-16(25-20(4,5)6)17(18(21)23-15)26-28(10,11)12/h14-18,21H,13H2,1-12H3/t14-,15+,16-,17-,18-/m0/s1. The van der Waals surface area contributed by atoms with Gasteiger partial charge in [-0.25, -0.2) is 0 Å². The van der Waals surface area contributed by atoms with Gasteiger partial charge < -0.3 is 28.2 Å². The Hall–Kier alpha value is 0.194. The third-order valence-electron chi connectivity index (χ3n) is 3.76. The van der Waals surface area contributed by atoms with E-state index < -0.39 is 46.8 Å². The van der Waals surface area contributed by atoms with E-state index in [0.717, 1.165) is 0 Å². The van der Waals surface area contributed by atoms with Crippen LogP contribution >= 0.6 is 0 Å². The van der Waals surface area contributed by atoms with Crippen molar-refractivity contribution >= 4 is 16.6 Å². The molecule has 0 aromatic rings. The van der Waals surface area contributed by atoms with Crippen LogP contribution in [-0.2, 0) is 23.1 Å². The van der Waals surface area contributed by atoms with Crippen molar-refractivity contribution < 1.29 is 28.2 Å². The highest BCUT2D eigenvalue weighted by Gasteiger charge is 2.52. The first-order valence-corrected chi connectivity index (χ1v) is 17.1. The van der Waals surface area contributed by atoms with E-state index in [1.165, 1.54) is 0 Å². The Morgan fingerprint density at radius 3 is 1.79 bits per heavy atom. The lowest BCUT2D eigenvalue weighted by atomic mass is 10.0. The van der Waals surface area contributed by atoms with Gasteiger partial charge in [-0.05, 0) is 80.8 Å². The van der Waals surface area contributed by atoms with Crippen molar-refractivity contribution in [2.75, 3.05) is 6.61 Å². The van der Waals surface area contributed by atoms with E-state index in [1.54, 1.807) is 0 Å². The molecule has 6 nitrogen and oxygen atoms in total. The summed E-state index contributed by atoms with van der Waals surface area (Å²) in [5.74, 6) is 0. The molecule has 0 radical (unpaired) electrons. The Kier molecular flexibility index (Phi) is 8.56. The summed E-state index contributed by atoms with van der Waals surface area (Å²) in [5, 5.41) is 10.7. The van der Waals surface area contributed by atoms with Crippen molar-refractivity contribution in [3.05, 3.63) is 0 Å². The second-order valence-electron chi connectivity index (χ2n) is 11.6. The molecule has 1 aliphatic heterocycles. The molecule has 168 valence electrons. The van der Waals surface area contributed by atoms with Gasteiger partial charge in [0.2, 0.25) is 0 Å². The van der Waals surface area contributed by atoms with Gasteiger partial charge in [0.1, 0.15) is 24.4 Å². The molecule has 5 atom stereocenters. The topological polar surface area (TPSA) is 66.4 Å². The summed E-state index contributed by atoms with van der Waals surface area (Å²) < 4.78 is 31.1. The number of aliphatic hydroxyl groups is 1. The van der Waals surface area contributed by atoms with Crippen molar-refractivity contribution in [3.63, 3.8) is 0 Å². The predicted molar refractivity (Wildman–Crippen MR) is 118 cm³/mol. The lowest BCUT2D eigenvalue weighted by Crippen LogP contribution is -2.52. The van der Waals surface area contributed by atoms with E-state index in [0.29, 0.717) is 6.61 Å². The molecule has 1 rings (SSSR count). The van der Waals surface area contributed by atoms with E-state index >= 15 is 0 Å². The fraction of sp³-hybridized carbons (Fsp3) is 1.00. The molecule has 0 aromatic heterocycles. The van der Waals surface area contributed by atoms with Gasteiger partial charge in [0, 0.05) is 0 Å². The highest BCUT2D eigenvalue weighted by atomic mass is 28.4. The number of hydrogen-bond donors (Lipinski definition) is 1. The van der Waals surface area contributed by atoms with Gasteiger partial charge in [0.05, 0.1) is 17.8 Å². The zero-order chi connectivity index (χ0) is 22.1. The Balaban J connectivity index is 3.18. The molecular weight excluding hydrogens is 392 g/mol. The van der Waals surface area contributed by atoms with Crippen molar-refractivity contribution in [2.45, 2.75) is 123 Å². The number of aliphatic hydroxyl groups excluding tert-OH is 1. The summed E-state index contributed by atoms with van der Waals surface area (Å²) >= 11 is 0. The van der Waals surface area contributed by atoms with Crippen LogP contribution in [0.25, 0.3) is 0 Å². The molecule has 8 heteroatoms. The molecule has 0 unspecified atom stereocenters. The Bertz CT molecular complexity index is 487. The van der Waals surface area contributed by atoms with Gasteiger partial charge in [-0.1, -0.05) is 0 Å². The highest BCUT2D eigenvalue weighted by Crippen LogP contribution is 2.34. The normalized spacial score (nSPS) is 28.6. The Labute approximate surface area is 174 Å². The molecule has 1 heterocycles. The minimum Gasteiger partial charge on any atom is -0.415 e. The maximum atomic E-state index is 10.7. The van der Waals surface area contributed by atoms with E-state index in [2.05, 4.69) is 39.3 Å². The summed E-state index contributed by atoms with van der Waals surface area (Å²) in [6.07, 6.45) is -2.90. The summed E-state index contributed by atoms with van der Waals surface area (Å²) in [7, 11) is -3.68. The number of rotatable bonds is 8. The van der Waals surface area contributed by atoms with Crippen LogP contribution in [0.2, 0.25) is 39.3 Å². The van der Waals surface area contributed by atoms with Crippen LogP contribution in [0.5, 0.6) is 0 Å². The second-order valence-corrected chi connectivity index (χ2v) is 20.5.